The van der Waals surface area contributed by atoms with Crippen LogP contribution in [0, 0.1) is 0 Å². The molecule has 0 radical (unpaired) electrons. The van der Waals surface area contributed by atoms with E-state index in [9.17, 15) is 9.67 Å². The Hall–Kier alpha value is -1.36. The number of aromatic hydroxyl groups is 1. The van der Waals surface area contributed by atoms with Gasteiger partial charge in [0.15, 0.2) is 0 Å². The van der Waals surface area contributed by atoms with E-state index in [-0.39, 0.29) is 18.1 Å². The topological polar surface area (TPSA) is 67.8 Å². The van der Waals surface area contributed by atoms with Crippen molar-refractivity contribution in [2.24, 2.45) is 0 Å². The van der Waals surface area contributed by atoms with Gasteiger partial charge < -0.3 is 14.2 Å². The number of benzene rings is 2. The fourth-order valence-electron chi connectivity index (χ4n) is 2.61. The molecule has 0 aliphatic heterocycles. The monoisotopic (exact) mass is 397 g/mol. The lowest BCUT2D eigenvalue weighted by molar-refractivity contribution is 0.217. The Bertz CT molecular complexity index is 711. The fourth-order valence-corrected chi connectivity index (χ4v) is 4.23. The summed E-state index contributed by atoms with van der Waals surface area (Å²) in [5, 5.41) is 13.5. The van der Waals surface area contributed by atoms with E-state index in [2.05, 4.69) is 5.32 Å². The van der Waals surface area contributed by atoms with Crippen LogP contribution in [-0.4, -0.2) is 24.6 Å². The number of halogens is 1. The molecule has 0 fully saturated rings. The molecule has 1 atom stereocenters. The van der Waals surface area contributed by atoms with E-state index in [4.69, 9.17) is 20.6 Å². The van der Waals surface area contributed by atoms with Crippen molar-refractivity contribution >= 4 is 19.2 Å². The van der Waals surface area contributed by atoms with E-state index < -0.39 is 7.60 Å². The third-order valence-electron chi connectivity index (χ3n) is 3.83. The van der Waals surface area contributed by atoms with Crippen LogP contribution in [0.15, 0.2) is 48.5 Å². The van der Waals surface area contributed by atoms with Crippen LogP contribution in [0.1, 0.15) is 31.0 Å². The molecule has 26 heavy (non-hydrogen) atoms. The Morgan fingerprint density at radius 1 is 1.04 bits per heavy atom. The largest absolute Gasteiger partial charge is 0.508 e. The number of hydrogen-bond donors (Lipinski definition) is 2. The Morgan fingerprint density at radius 3 is 2.15 bits per heavy atom. The summed E-state index contributed by atoms with van der Waals surface area (Å²) in [5.74, 6) is 0.202. The Balaban J connectivity index is 2.18. The lowest BCUT2D eigenvalue weighted by Gasteiger charge is -2.23. The maximum Gasteiger partial charge on any atom is 0.344 e. The maximum atomic E-state index is 12.7. The van der Waals surface area contributed by atoms with Gasteiger partial charge in [0.2, 0.25) is 0 Å². The van der Waals surface area contributed by atoms with Gasteiger partial charge in [-0.3, -0.25) is 9.88 Å². The van der Waals surface area contributed by atoms with E-state index in [1.807, 2.05) is 36.4 Å². The van der Waals surface area contributed by atoms with Crippen molar-refractivity contribution < 1.29 is 18.7 Å². The second-order valence-electron chi connectivity index (χ2n) is 5.78. The zero-order chi connectivity index (χ0) is 19.0. The average Bonchev–Trinajstić information content (AvgIpc) is 2.61. The quantitative estimate of drug-likeness (QED) is 0.543. The highest BCUT2D eigenvalue weighted by atomic mass is 35.5. The van der Waals surface area contributed by atoms with Crippen LogP contribution in [0.3, 0.4) is 0 Å². The van der Waals surface area contributed by atoms with Crippen molar-refractivity contribution in [3.05, 3.63) is 64.7 Å². The molecular weight excluding hydrogens is 373 g/mol. The van der Waals surface area contributed by atoms with Gasteiger partial charge in [0.05, 0.1) is 19.5 Å². The van der Waals surface area contributed by atoms with Gasteiger partial charge in [-0.25, -0.2) is 0 Å². The summed E-state index contributed by atoms with van der Waals surface area (Å²) in [7, 11) is -3.20. The molecule has 0 saturated carbocycles. The van der Waals surface area contributed by atoms with E-state index >= 15 is 0 Å². The second-order valence-corrected chi connectivity index (χ2v) is 8.27. The van der Waals surface area contributed by atoms with Crippen LogP contribution < -0.4 is 5.32 Å². The van der Waals surface area contributed by atoms with Gasteiger partial charge in [-0.05, 0) is 55.7 Å². The van der Waals surface area contributed by atoms with Gasteiger partial charge in [0.1, 0.15) is 5.75 Å². The molecule has 2 rings (SSSR count). The summed E-state index contributed by atoms with van der Waals surface area (Å²) in [4.78, 5) is 0. The molecule has 0 saturated heterocycles. The van der Waals surface area contributed by atoms with Gasteiger partial charge in [0, 0.05) is 11.1 Å². The summed E-state index contributed by atoms with van der Waals surface area (Å²) in [6.07, 6.45) is 0.772. The van der Waals surface area contributed by atoms with Gasteiger partial charge in [-0.2, -0.15) is 0 Å². The Morgan fingerprint density at radius 2 is 1.62 bits per heavy atom. The molecule has 0 bridgehead atoms. The summed E-state index contributed by atoms with van der Waals surface area (Å²) in [6.45, 7) is 4.22. The van der Waals surface area contributed by atoms with E-state index in [1.54, 1.807) is 26.0 Å². The molecule has 7 heteroatoms. The fraction of sp³-hybridized carbons (Fsp3) is 0.368. The minimum Gasteiger partial charge on any atom is -0.508 e. The number of rotatable bonds is 10. The number of phenols is 1. The highest BCUT2D eigenvalue weighted by Gasteiger charge is 2.25. The average molecular weight is 398 g/mol. The minimum atomic E-state index is -3.20. The summed E-state index contributed by atoms with van der Waals surface area (Å²) >= 11 is 5.96. The van der Waals surface area contributed by atoms with Gasteiger partial charge in [0.25, 0.3) is 0 Å². The first kappa shape index (κ1) is 20.9. The standard InChI is InChI=1S/C19H25ClNO4P/c1-3-24-26(23,25-4-2)14-21-19(16-7-11-18(22)12-8-16)13-15-5-9-17(20)10-6-15/h5-12,19,21-22H,3-4,13-14H2,1-2H3. The van der Waals surface area contributed by atoms with Gasteiger partial charge in [-0.15, -0.1) is 0 Å². The highest BCUT2D eigenvalue weighted by molar-refractivity contribution is 7.53. The summed E-state index contributed by atoms with van der Waals surface area (Å²) < 4.78 is 23.4. The predicted octanol–water partition coefficient (Wildman–Crippen LogP) is 5.14. The molecule has 0 amide bonds. The molecule has 1 unspecified atom stereocenters. The predicted molar refractivity (Wildman–Crippen MR) is 105 cm³/mol. The van der Waals surface area contributed by atoms with Gasteiger partial charge in [-0.1, -0.05) is 35.9 Å². The van der Waals surface area contributed by atoms with Crippen molar-refractivity contribution in [2.75, 3.05) is 19.5 Å². The molecule has 142 valence electrons. The smallest absolute Gasteiger partial charge is 0.344 e. The molecule has 0 aliphatic carbocycles. The van der Waals surface area contributed by atoms with Crippen LogP contribution in [0.4, 0.5) is 0 Å². The molecule has 5 nitrogen and oxygen atoms in total. The lowest BCUT2D eigenvalue weighted by atomic mass is 9.99. The number of nitrogens with one attached hydrogen (secondary N) is 1. The summed E-state index contributed by atoms with van der Waals surface area (Å²) in [6, 6.07) is 14.4. The van der Waals surface area contributed by atoms with Crippen molar-refractivity contribution in [3.63, 3.8) is 0 Å². The van der Waals surface area contributed by atoms with Crippen molar-refractivity contribution in [1.82, 2.24) is 5.32 Å². The van der Waals surface area contributed by atoms with E-state index in [1.165, 1.54) is 0 Å². The molecule has 2 N–H and O–H groups in total. The van der Waals surface area contributed by atoms with E-state index in [0.717, 1.165) is 11.1 Å². The Labute approximate surface area is 159 Å². The lowest BCUT2D eigenvalue weighted by Crippen LogP contribution is -2.25. The first-order valence-electron chi connectivity index (χ1n) is 8.60. The third-order valence-corrected chi connectivity index (χ3v) is 5.96. The van der Waals surface area contributed by atoms with Crippen LogP contribution in [0.5, 0.6) is 5.75 Å². The highest BCUT2D eigenvalue weighted by Crippen LogP contribution is 2.47. The SMILES string of the molecule is CCOP(=O)(CNC(Cc1ccc(Cl)cc1)c1ccc(O)cc1)OCC. The third kappa shape index (κ3) is 6.42. The van der Waals surface area contributed by atoms with Crippen LogP contribution in [0.2, 0.25) is 5.02 Å². The zero-order valence-electron chi connectivity index (χ0n) is 15.0. The molecule has 2 aromatic carbocycles. The van der Waals surface area contributed by atoms with Crippen molar-refractivity contribution in [2.45, 2.75) is 26.3 Å². The molecule has 0 aromatic heterocycles. The minimum absolute atomic E-state index is 0.105. The van der Waals surface area contributed by atoms with Crippen LogP contribution in [-0.2, 0) is 20.0 Å². The number of hydrogen-bond acceptors (Lipinski definition) is 5. The summed E-state index contributed by atoms with van der Waals surface area (Å²) in [5.41, 5.74) is 2.06. The van der Waals surface area contributed by atoms with Crippen molar-refractivity contribution in [1.29, 1.82) is 0 Å². The van der Waals surface area contributed by atoms with Crippen LogP contribution in [0.25, 0.3) is 0 Å². The molecule has 0 aliphatic rings. The Kier molecular flexibility index (Phi) is 8.14. The normalized spacial score (nSPS) is 12.9. The zero-order valence-corrected chi connectivity index (χ0v) is 16.7. The number of phenolic OH excluding ortho intramolecular Hbond substituents is 1. The van der Waals surface area contributed by atoms with E-state index in [0.29, 0.717) is 24.7 Å². The second kappa shape index (κ2) is 10.1. The molecular formula is C19H25ClNO4P. The molecule has 2 aromatic rings. The first-order valence-corrected chi connectivity index (χ1v) is 10.7. The molecule has 0 heterocycles. The maximum absolute atomic E-state index is 12.7. The first-order chi connectivity index (χ1) is 12.5. The molecule has 0 spiro atoms. The van der Waals surface area contributed by atoms with Crippen molar-refractivity contribution in [3.8, 4) is 5.75 Å². The van der Waals surface area contributed by atoms with Gasteiger partial charge >= 0.3 is 7.60 Å². The van der Waals surface area contributed by atoms with Crippen LogP contribution >= 0.6 is 19.2 Å².